The Morgan fingerprint density at radius 2 is 2.26 bits per heavy atom. The van der Waals surface area contributed by atoms with Gasteiger partial charge in [-0.2, -0.15) is 0 Å². The van der Waals surface area contributed by atoms with Gasteiger partial charge in [0.05, 0.1) is 18.0 Å². The number of carboxylic acid groups (broad SMARTS) is 1. The summed E-state index contributed by atoms with van der Waals surface area (Å²) in [5.74, 6) is -0.827. The van der Waals surface area contributed by atoms with Crippen molar-refractivity contribution in [3.63, 3.8) is 0 Å². The smallest absolute Gasteiger partial charge is 0.313 e. The summed E-state index contributed by atoms with van der Waals surface area (Å²) in [5, 5.41) is 9.41. The highest BCUT2D eigenvalue weighted by molar-refractivity contribution is 7.99. The Morgan fingerprint density at radius 1 is 1.42 bits per heavy atom. The molecular weight excluding hydrogens is 262 g/mol. The van der Waals surface area contributed by atoms with Crippen molar-refractivity contribution in [3.8, 4) is 0 Å². The molecule has 0 amide bonds. The molecule has 5 nitrogen and oxygen atoms in total. The van der Waals surface area contributed by atoms with Crippen LogP contribution in [0.4, 0.5) is 0 Å². The van der Waals surface area contributed by atoms with Gasteiger partial charge in [-0.3, -0.25) is 9.78 Å². The maximum absolute atomic E-state index is 10.6. The summed E-state index contributed by atoms with van der Waals surface area (Å²) in [7, 11) is 0. The van der Waals surface area contributed by atoms with Crippen LogP contribution in [0.5, 0.6) is 0 Å². The number of nitrogens with zero attached hydrogens (tertiary/aromatic N) is 3. The Bertz CT molecular complexity index is 569. The minimum atomic E-state index is -0.841. The quantitative estimate of drug-likeness (QED) is 0.819. The molecule has 2 aromatic rings. The molecule has 0 aliphatic rings. The maximum atomic E-state index is 10.6. The van der Waals surface area contributed by atoms with E-state index in [1.165, 1.54) is 17.3 Å². The summed E-state index contributed by atoms with van der Waals surface area (Å²) in [6.07, 6.45) is 6.22. The standard InChI is InChI=1S/C13H15N3O2S/c1-2-10-4-3-5-14-11(10)8-16-7-6-15-13(16)19-9-12(17)18/h3-7H,2,8-9H2,1H3,(H,17,18). The summed E-state index contributed by atoms with van der Waals surface area (Å²) in [4.78, 5) is 19.2. The van der Waals surface area contributed by atoms with E-state index in [0.717, 1.165) is 12.1 Å². The van der Waals surface area contributed by atoms with Crippen molar-refractivity contribution in [1.29, 1.82) is 0 Å². The first kappa shape index (κ1) is 13.6. The summed E-state index contributed by atoms with van der Waals surface area (Å²) >= 11 is 1.22. The van der Waals surface area contributed by atoms with Crippen molar-refractivity contribution in [3.05, 3.63) is 42.0 Å². The van der Waals surface area contributed by atoms with Crippen molar-refractivity contribution >= 4 is 17.7 Å². The zero-order valence-corrected chi connectivity index (χ0v) is 11.4. The molecule has 0 aliphatic heterocycles. The van der Waals surface area contributed by atoms with Gasteiger partial charge in [-0.05, 0) is 18.1 Å². The number of hydrogen-bond acceptors (Lipinski definition) is 4. The number of thioether (sulfide) groups is 1. The number of aromatic nitrogens is 3. The zero-order valence-electron chi connectivity index (χ0n) is 10.6. The van der Waals surface area contributed by atoms with Crippen LogP contribution in [0.1, 0.15) is 18.2 Å². The number of carbonyl (C=O) groups is 1. The number of aliphatic carboxylic acids is 1. The zero-order chi connectivity index (χ0) is 13.7. The van der Waals surface area contributed by atoms with Gasteiger partial charge in [0.25, 0.3) is 0 Å². The van der Waals surface area contributed by atoms with Crippen LogP contribution < -0.4 is 0 Å². The van der Waals surface area contributed by atoms with Crippen LogP contribution in [0.3, 0.4) is 0 Å². The second-order valence-corrected chi connectivity index (χ2v) is 4.93. The molecule has 0 saturated carbocycles. The highest BCUT2D eigenvalue weighted by Gasteiger charge is 2.09. The van der Waals surface area contributed by atoms with Gasteiger partial charge < -0.3 is 9.67 Å². The number of pyridine rings is 1. The van der Waals surface area contributed by atoms with Gasteiger partial charge in [-0.25, -0.2) is 4.98 Å². The van der Waals surface area contributed by atoms with Crippen LogP contribution in [0.25, 0.3) is 0 Å². The normalized spacial score (nSPS) is 10.6. The van der Waals surface area contributed by atoms with Crippen molar-refractivity contribution in [2.75, 3.05) is 5.75 Å². The van der Waals surface area contributed by atoms with Gasteiger partial charge >= 0.3 is 5.97 Å². The fourth-order valence-corrected chi connectivity index (χ4v) is 2.46. The van der Waals surface area contributed by atoms with Crippen molar-refractivity contribution < 1.29 is 9.90 Å². The predicted octanol–water partition coefficient (Wildman–Crippen LogP) is 2.07. The molecule has 0 saturated heterocycles. The van der Waals surface area contributed by atoms with E-state index in [1.54, 1.807) is 12.4 Å². The van der Waals surface area contributed by atoms with E-state index < -0.39 is 5.97 Å². The Kier molecular flexibility index (Phi) is 4.57. The monoisotopic (exact) mass is 277 g/mol. The van der Waals surface area contributed by atoms with Crippen molar-refractivity contribution in [2.24, 2.45) is 0 Å². The SMILES string of the molecule is CCc1cccnc1Cn1ccnc1SCC(=O)O. The number of carboxylic acids is 1. The van der Waals surface area contributed by atoms with Crippen LogP contribution in [-0.2, 0) is 17.8 Å². The van der Waals surface area contributed by atoms with E-state index >= 15 is 0 Å². The maximum Gasteiger partial charge on any atom is 0.313 e. The second-order valence-electron chi connectivity index (χ2n) is 3.98. The number of rotatable bonds is 6. The Labute approximate surface area is 115 Å². The molecule has 1 N–H and O–H groups in total. The Balaban J connectivity index is 2.15. The lowest BCUT2D eigenvalue weighted by Crippen LogP contribution is -2.06. The molecule has 0 radical (unpaired) electrons. The molecule has 19 heavy (non-hydrogen) atoms. The van der Waals surface area contributed by atoms with Gasteiger partial charge in [-0.1, -0.05) is 24.8 Å². The van der Waals surface area contributed by atoms with Gasteiger partial charge in [0.1, 0.15) is 0 Å². The third kappa shape index (κ3) is 3.57. The van der Waals surface area contributed by atoms with Crippen LogP contribution in [-0.4, -0.2) is 31.4 Å². The van der Waals surface area contributed by atoms with Gasteiger partial charge in [0.15, 0.2) is 5.16 Å². The number of imidazole rings is 1. The second kappa shape index (κ2) is 6.38. The molecule has 0 spiro atoms. The van der Waals surface area contributed by atoms with Gasteiger partial charge in [0.2, 0.25) is 0 Å². The van der Waals surface area contributed by atoms with Crippen LogP contribution in [0.2, 0.25) is 0 Å². The molecule has 2 heterocycles. The van der Waals surface area contributed by atoms with Gasteiger partial charge in [-0.15, -0.1) is 0 Å². The summed E-state index contributed by atoms with van der Waals surface area (Å²) in [6, 6.07) is 3.99. The van der Waals surface area contributed by atoms with E-state index in [0.29, 0.717) is 11.7 Å². The van der Waals surface area contributed by atoms with E-state index in [4.69, 9.17) is 5.11 Å². The lowest BCUT2D eigenvalue weighted by atomic mass is 10.1. The number of aryl methyl sites for hydroxylation is 1. The van der Waals surface area contributed by atoms with E-state index in [-0.39, 0.29) is 5.75 Å². The lowest BCUT2D eigenvalue weighted by Gasteiger charge is -2.09. The molecule has 0 fully saturated rings. The molecule has 2 rings (SSSR count). The average molecular weight is 277 g/mol. The van der Waals surface area contributed by atoms with Crippen LogP contribution in [0, 0.1) is 0 Å². The summed E-state index contributed by atoms with van der Waals surface area (Å²) in [6.45, 7) is 2.71. The number of hydrogen-bond donors (Lipinski definition) is 1. The van der Waals surface area contributed by atoms with E-state index in [1.807, 2.05) is 16.8 Å². The topological polar surface area (TPSA) is 68.0 Å². The van der Waals surface area contributed by atoms with E-state index in [2.05, 4.69) is 23.0 Å². The lowest BCUT2D eigenvalue weighted by molar-refractivity contribution is -0.133. The van der Waals surface area contributed by atoms with Gasteiger partial charge in [0, 0.05) is 18.6 Å². The minimum Gasteiger partial charge on any atom is -0.481 e. The largest absolute Gasteiger partial charge is 0.481 e. The minimum absolute atomic E-state index is 0.0138. The molecule has 0 aromatic carbocycles. The fraction of sp³-hybridized carbons (Fsp3) is 0.308. The van der Waals surface area contributed by atoms with Crippen LogP contribution >= 0.6 is 11.8 Å². The molecule has 0 unspecified atom stereocenters. The fourth-order valence-electron chi connectivity index (χ4n) is 1.78. The molecule has 100 valence electrons. The van der Waals surface area contributed by atoms with E-state index in [9.17, 15) is 4.79 Å². The third-order valence-corrected chi connectivity index (χ3v) is 3.68. The predicted molar refractivity (Wildman–Crippen MR) is 73.3 cm³/mol. The summed E-state index contributed by atoms with van der Waals surface area (Å²) < 4.78 is 1.93. The van der Waals surface area contributed by atoms with Crippen LogP contribution in [0.15, 0.2) is 35.9 Å². The van der Waals surface area contributed by atoms with Crippen molar-refractivity contribution in [2.45, 2.75) is 25.0 Å². The highest BCUT2D eigenvalue weighted by atomic mass is 32.2. The molecule has 0 aliphatic carbocycles. The Hall–Kier alpha value is -1.82. The molecular formula is C13H15N3O2S. The van der Waals surface area contributed by atoms with Crippen molar-refractivity contribution in [1.82, 2.24) is 14.5 Å². The Morgan fingerprint density at radius 3 is 3.00 bits per heavy atom. The molecule has 6 heteroatoms. The first-order valence-electron chi connectivity index (χ1n) is 5.99. The molecule has 2 aromatic heterocycles. The average Bonchev–Trinajstić information content (AvgIpc) is 2.84. The summed E-state index contributed by atoms with van der Waals surface area (Å²) in [5.41, 5.74) is 2.20. The first-order valence-corrected chi connectivity index (χ1v) is 6.97. The molecule has 0 atom stereocenters. The first-order chi connectivity index (χ1) is 9.20. The molecule has 0 bridgehead atoms. The highest BCUT2D eigenvalue weighted by Crippen LogP contribution is 2.17. The third-order valence-electron chi connectivity index (χ3n) is 2.69.